The number of nitrogens with zero attached hydrogens (tertiary/aromatic N) is 3. The first-order valence-electron chi connectivity index (χ1n) is 9.63. The lowest BCUT2D eigenvalue weighted by Crippen LogP contribution is -2.48. The van der Waals surface area contributed by atoms with E-state index < -0.39 is 29.8 Å². The third kappa shape index (κ3) is 3.48. The number of rotatable bonds is 4. The molecule has 2 N–H and O–H groups in total. The maximum absolute atomic E-state index is 14.5. The molecule has 1 aliphatic carbocycles. The van der Waals surface area contributed by atoms with Crippen LogP contribution in [0.3, 0.4) is 0 Å². The molecule has 1 saturated heterocycles. The quantitative estimate of drug-likeness (QED) is 0.772. The van der Waals surface area contributed by atoms with Gasteiger partial charge in [-0.1, -0.05) is 19.3 Å². The van der Waals surface area contributed by atoms with Gasteiger partial charge in [0, 0.05) is 18.1 Å². The van der Waals surface area contributed by atoms with Crippen LogP contribution in [0, 0.1) is 12.7 Å². The van der Waals surface area contributed by atoms with Gasteiger partial charge in [-0.3, -0.25) is 14.5 Å². The van der Waals surface area contributed by atoms with Gasteiger partial charge < -0.3 is 15.2 Å². The Morgan fingerprint density at radius 3 is 2.69 bits per heavy atom. The number of imidazole rings is 1. The van der Waals surface area contributed by atoms with Gasteiger partial charge in [-0.2, -0.15) is 0 Å². The van der Waals surface area contributed by atoms with Crippen LogP contribution in [-0.2, 0) is 9.59 Å². The Morgan fingerprint density at radius 1 is 1.28 bits per heavy atom. The topological polar surface area (TPSA) is 96.3 Å². The minimum atomic E-state index is -0.869. The molecule has 0 bridgehead atoms. The van der Waals surface area contributed by atoms with Crippen molar-refractivity contribution in [2.45, 2.75) is 44.6 Å². The van der Waals surface area contributed by atoms with Gasteiger partial charge in [0.15, 0.2) is 0 Å². The zero-order valence-corrected chi connectivity index (χ0v) is 16.1. The van der Waals surface area contributed by atoms with Crippen molar-refractivity contribution in [3.8, 4) is 5.69 Å². The second-order valence-electron chi connectivity index (χ2n) is 7.52. The molecule has 2 aromatic rings. The summed E-state index contributed by atoms with van der Waals surface area (Å²) in [4.78, 5) is 42.4. The van der Waals surface area contributed by atoms with E-state index in [0.717, 1.165) is 24.2 Å². The number of hydrogen-bond donors (Lipinski definition) is 2. The van der Waals surface area contributed by atoms with Crippen molar-refractivity contribution in [3.05, 3.63) is 42.2 Å². The number of carbonyl (C=O) groups excluding carboxylic acids is 3. The van der Waals surface area contributed by atoms with Gasteiger partial charge in [-0.15, -0.1) is 0 Å². The summed E-state index contributed by atoms with van der Waals surface area (Å²) < 4.78 is 16.1. The van der Waals surface area contributed by atoms with E-state index in [1.807, 2.05) is 0 Å². The predicted molar refractivity (Wildman–Crippen MR) is 103 cm³/mol. The van der Waals surface area contributed by atoms with Gasteiger partial charge in [0.25, 0.3) is 5.91 Å². The fraction of sp³-hybridized carbons (Fsp3) is 0.400. The van der Waals surface area contributed by atoms with Crippen molar-refractivity contribution in [3.63, 3.8) is 0 Å². The first-order chi connectivity index (χ1) is 13.9. The molecule has 2 fully saturated rings. The number of imide groups is 1. The lowest BCUT2D eigenvalue weighted by Gasteiger charge is -2.30. The molecular weight excluding hydrogens is 377 g/mol. The Bertz CT molecular complexity index is 980. The van der Waals surface area contributed by atoms with Crippen molar-refractivity contribution < 1.29 is 18.8 Å². The van der Waals surface area contributed by atoms with Gasteiger partial charge in [-0.25, -0.2) is 14.2 Å². The molecule has 1 aromatic carbocycles. The maximum Gasteiger partial charge on any atom is 0.325 e. The van der Waals surface area contributed by atoms with E-state index in [0.29, 0.717) is 24.4 Å². The number of anilines is 1. The van der Waals surface area contributed by atoms with E-state index in [4.69, 9.17) is 0 Å². The molecule has 1 saturated carbocycles. The fourth-order valence-corrected chi connectivity index (χ4v) is 4.07. The summed E-state index contributed by atoms with van der Waals surface area (Å²) in [6.07, 6.45) is 7.17. The molecule has 152 valence electrons. The summed E-state index contributed by atoms with van der Waals surface area (Å²) in [6.45, 7) is 1.35. The predicted octanol–water partition coefficient (Wildman–Crippen LogP) is 2.51. The van der Waals surface area contributed by atoms with E-state index in [2.05, 4.69) is 15.6 Å². The van der Waals surface area contributed by atoms with Crippen LogP contribution in [0.15, 0.2) is 30.6 Å². The molecule has 1 spiro atoms. The highest BCUT2D eigenvalue weighted by atomic mass is 19.1. The normalized spacial score (nSPS) is 18.2. The maximum atomic E-state index is 14.5. The van der Waals surface area contributed by atoms with Crippen molar-refractivity contribution >= 4 is 23.5 Å². The van der Waals surface area contributed by atoms with Gasteiger partial charge in [-0.05, 0) is 38.0 Å². The average molecular weight is 399 g/mol. The Morgan fingerprint density at radius 2 is 2.03 bits per heavy atom. The zero-order chi connectivity index (χ0) is 20.6. The van der Waals surface area contributed by atoms with E-state index in [1.54, 1.807) is 30.0 Å². The first-order valence-corrected chi connectivity index (χ1v) is 9.63. The lowest BCUT2D eigenvalue weighted by atomic mass is 9.82. The summed E-state index contributed by atoms with van der Waals surface area (Å²) in [5.74, 6) is -0.808. The van der Waals surface area contributed by atoms with Crippen LogP contribution >= 0.6 is 0 Å². The van der Waals surface area contributed by atoms with Gasteiger partial charge in [0.2, 0.25) is 5.91 Å². The van der Waals surface area contributed by atoms with Gasteiger partial charge in [0.1, 0.15) is 23.7 Å². The number of halogens is 1. The largest absolute Gasteiger partial charge is 0.325 e. The second kappa shape index (κ2) is 7.31. The number of urea groups is 1. The smallest absolute Gasteiger partial charge is 0.324 e. The van der Waals surface area contributed by atoms with E-state index in [-0.39, 0.29) is 11.6 Å². The van der Waals surface area contributed by atoms with Crippen LogP contribution in [0.5, 0.6) is 0 Å². The molecule has 0 radical (unpaired) electrons. The molecule has 0 unspecified atom stereocenters. The third-order valence-electron chi connectivity index (χ3n) is 5.57. The summed E-state index contributed by atoms with van der Waals surface area (Å²) in [5.41, 5.74) is -0.314. The van der Waals surface area contributed by atoms with Crippen molar-refractivity contribution in [2.75, 3.05) is 11.9 Å². The molecule has 8 nitrogen and oxygen atoms in total. The van der Waals surface area contributed by atoms with E-state index in [9.17, 15) is 18.8 Å². The molecule has 29 heavy (non-hydrogen) atoms. The fourth-order valence-electron chi connectivity index (χ4n) is 4.07. The van der Waals surface area contributed by atoms with Crippen molar-refractivity contribution in [1.82, 2.24) is 19.8 Å². The minimum absolute atomic E-state index is 0.244. The van der Waals surface area contributed by atoms with Gasteiger partial charge >= 0.3 is 6.03 Å². The van der Waals surface area contributed by atoms with Crippen LogP contribution in [-0.4, -0.2) is 44.4 Å². The average Bonchev–Trinajstić information content (AvgIpc) is 3.20. The number of aromatic nitrogens is 2. The zero-order valence-electron chi connectivity index (χ0n) is 16.1. The van der Waals surface area contributed by atoms with Crippen LogP contribution in [0.2, 0.25) is 0 Å². The van der Waals surface area contributed by atoms with Gasteiger partial charge in [0.05, 0.1) is 5.69 Å². The number of benzene rings is 1. The summed E-state index contributed by atoms with van der Waals surface area (Å²) in [6, 6.07) is 3.74. The highest BCUT2D eigenvalue weighted by molar-refractivity contribution is 6.10. The monoisotopic (exact) mass is 399 g/mol. The molecule has 1 aliphatic heterocycles. The standard InChI is InChI=1S/C20H22FN5O3/c1-13-22-9-10-25(13)16-6-5-14(11-15(16)21)23-17(27)12-26-18(28)20(24-19(26)29)7-3-2-4-8-20/h5-6,9-11H,2-4,7-8,12H2,1H3,(H,23,27)(H,24,29). The first kappa shape index (κ1) is 19.1. The minimum Gasteiger partial charge on any atom is -0.324 e. The Hall–Kier alpha value is -3.23. The van der Waals surface area contributed by atoms with Crippen LogP contribution < -0.4 is 10.6 Å². The summed E-state index contributed by atoms with van der Waals surface area (Å²) in [5, 5.41) is 5.32. The Kier molecular flexibility index (Phi) is 4.81. The molecule has 4 amide bonds. The third-order valence-corrected chi connectivity index (χ3v) is 5.57. The number of aryl methyl sites for hydroxylation is 1. The lowest BCUT2D eigenvalue weighted by molar-refractivity contribution is -0.134. The number of hydrogen-bond acceptors (Lipinski definition) is 4. The number of carbonyl (C=O) groups is 3. The molecule has 2 aliphatic rings. The van der Waals surface area contributed by atoms with E-state index in [1.165, 1.54) is 12.1 Å². The molecule has 9 heteroatoms. The highest BCUT2D eigenvalue weighted by Gasteiger charge is 2.51. The Balaban J connectivity index is 1.43. The molecule has 1 aromatic heterocycles. The molecule has 2 heterocycles. The number of nitrogens with one attached hydrogen (secondary N) is 2. The molecule has 4 rings (SSSR count). The van der Waals surface area contributed by atoms with E-state index >= 15 is 0 Å². The Labute approximate surface area is 167 Å². The summed E-state index contributed by atoms with van der Waals surface area (Å²) in [7, 11) is 0. The second-order valence-corrected chi connectivity index (χ2v) is 7.52. The van der Waals surface area contributed by atoms with Crippen molar-refractivity contribution in [1.29, 1.82) is 0 Å². The van der Waals surface area contributed by atoms with Crippen LogP contribution in [0.4, 0.5) is 14.9 Å². The van der Waals surface area contributed by atoms with Crippen molar-refractivity contribution in [2.24, 2.45) is 0 Å². The molecular formula is C20H22FN5O3. The number of amides is 4. The summed E-state index contributed by atoms with van der Waals surface area (Å²) >= 11 is 0. The van der Waals surface area contributed by atoms with Crippen LogP contribution in [0.25, 0.3) is 5.69 Å². The SMILES string of the molecule is Cc1nccn1-c1ccc(NC(=O)CN2C(=O)NC3(CCCCC3)C2=O)cc1F. The van der Waals surface area contributed by atoms with Crippen LogP contribution in [0.1, 0.15) is 37.9 Å². The molecule has 0 atom stereocenters. The highest BCUT2D eigenvalue weighted by Crippen LogP contribution is 2.33.